The summed E-state index contributed by atoms with van der Waals surface area (Å²) >= 11 is 4.24. The molecule has 0 aliphatic rings. The summed E-state index contributed by atoms with van der Waals surface area (Å²) in [6, 6.07) is 5.26. The third kappa shape index (κ3) is 2.29. The Kier molecular flexibility index (Phi) is 3.17. The van der Waals surface area contributed by atoms with Crippen LogP contribution < -0.4 is 0 Å². The molecule has 0 aliphatic carbocycles. The van der Waals surface area contributed by atoms with Gasteiger partial charge in [0.2, 0.25) is 0 Å². The van der Waals surface area contributed by atoms with Crippen LogP contribution in [0.2, 0.25) is 0 Å². The first-order valence-corrected chi connectivity index (χ1v) is 3.92. The topological polar surface area (TPSA) is 72.6 Å². The molecule has 1 rings (SSSR count). The Hall–Kier alpha value is -1.91. The maximum absolute atomic E-state index is 11.1. The van der Waals surface area contributed by atoms with Crippen molar-refractivity contribution in [3.8, 4) is 0 Å². The molecule has 0 spiro atoms. The van der Waals surface area contributed by atoms with Gasteiger partial charge in [0.15, 0.2) is 0 Å². The van der Waals surface area contributed by atoms with E-state index in [4.69, 9.17) is 0 Å². The number of nitrogens with zero attached hydrogens (tertiary/aromatic N) is 2. The number of rotatable bonds is 2. The summed E-state index contributed by atoms with van der Waals surface area (Å²) in [4.78, 5) is 24.1. The fraction of sp³-hybridized carbons (Fsp3) is 0. The van der Waals surface area contributed by atoms with Crippen molar-refractivity contribution < 1.29 is 9.72 Å². The number of nitro groups is 1. The predicted molar refractivity (Wildman–Crippen MR) is 52.5 cm³/mol. The Morgan fingerprint density at radius 1 is 1.57 bits per heavy atom. The molecule has 0 fully saturated rings. The normalized spacial score (nSPS) is 8.86. The highest BCUT2D eigenvalue weighted by Gasteiger charge is 2.09. The van der Waals surface area contributed by atoms with Crippen molar-refractivity contribution in [3.05, 3.63) is 39.9 Å². The molecule has 0 saturated heterocycles. The first-order valence-electron chi connectivity index (χ1n) is 3.52. The third-order valence-corrected chi connectivity index (χ3v) is 1.54. The zero-order valence-electron chi connectivity index (χ0n) is 6.84. The van der Waals surface area contributed by atoms with Crippen LogP contribution in [-0.2, 0) is 0 Å². The molecule has 0 saturated carbocycles. The standard InChI is InChI=1S/C8H4N2O3S/c11-8(9-5-14)6-2-1-3-7(4-6)10(12)13/h1-4H. The highest BCUT2D eigenvalue weighted by molar-refractivity contribution is 7.78. The second-order valence-electron chi connectivity index (χ2n) is 2.32. The van der Waals surface area contributed by atoms with Crippen LogP contribution in [0.3, 0.4) is 0 Å². The lowest BCUT2D eigenvalue weighted by Gasteiger charge is -1.93. The van der Waals surface area contributed by atoms with Crippen molar-refractivity contribution in [3.63, 3.8) is 0 Å². The lowest BCUT2D eigenvalue weighted by Crippen LogP contribution is -1.95. The molecule has 1 amide bonds. The Bertz CT molecular complexity index is 438. The molecule has 0 heterocycles. The highest BCUT2D eigenvalue weighted by atomic mass is 32.1. The molecule has 6 heteroatoms. The fourth-order valence-electron chi connectivity index (χ4n) is 0.859. The van der Waals surface area contributed by atoms with Gasteiger partial charge in [0.05, 0.1) is 10.1 Å². The van der Waals surface area contributed by atoms with E-state index in [-0.39, 0.29) is 11.3 Å². The van der Waals surface area contributed by atoms with Gasteiger partial charge in [-0.2, -0.15) is 4.99 Å². The van der Waals surface area contributed by atoms with Gasteiger partial charge in [-0.25, -0.2) is 0 Å². The Morgan fingerprint density at radius 3 is 2.86 bits per heavy atom. The van der Waals surface area contributed by atoms with E-state index in [1.807, 2.05) is 5.16 Å². The second kappa shape index (κ2) is 4.36. The van der Waals surface area contributed by atoms with Gasteiger partial charge in [0.1, 0.15) is 0 Å². The number of carbonyl (C=O) groups is 1. The van der Waals surface area contributed by atoms with Gasteiger partial charge >= 0.3 is 0 Å². The highest BCUT2D eigenvalue weighted by Crippen LogP contribution is 2.13. The van der Waals surface area contributed by atoms with Crippen molar-refractivity contribution in [1.82, 2.24) is 0 Å². The number of isothiocyanates is 1. The maximum Gasteiger partial charge on any atom is 0.286 e. The van der Waals surface area contributed by atoms with Crippen LogP contribution in [0.25, 0.3) is 0 Å². The molecule has 1 aromatic carbocycles. The Balaban J connectivity index is 3.11. The molecule has 0 unspecified atom stereocenters. The Morgan fingerprint density at radius 2 is 2.29 bits per heavy atom. The lowest BCUT2D eigenvalue weighted by atomic mass is 10.2. The van der Waals surface area contributed by atoms with Crippen LogP contribution in [0.5, 0.6) is 0 Å². The van der Waals surface area contributed by atoms with Gasteiger partial charge in [0.25, 0.3) is 11.6 Å². The van der Waals surface area contributed by atoms with Crippen LogP contribution in [0.15, 0.2) is 29.3 Å². The number of thiocarbonyl (C=S) groups is 1. The SMILES string of the molecule is O=C(N=C=S)c1cccc([N+](=O)[O-])c1. The minimum atomic E-state index is -0.635. The van der Waals surface area contributed by atoms with Crippen molar-refractivity contribution in [2.45, 2.75) is 0 Å². The minimum absolute atomic E-state index is 0.122. The third-order valence-electron chi connectivity index (χ3n) is 1.45. The molecular weight excluding hydrogens is 204 g/mol. The summed E-state index contributed by atoms with van der Waals surface area (Å²) < 4.78 is 0. The fourth-order valence-corrected chi connectivity index (χ4v) is 0.941. The number of hydrogen-bond acceptors (Lipinski definition) is 4. The van der Waals surface area contributed by atoms with Crippen LogP contribution in [0, 0.1) is 10.1 Å². The number of amides is 1. The molecule has 0 aliphatic heterocycles. The van der Waals surface area contributed by atoms with Crippen molar-refractivity contribution >= 4 is 29.0 Å². The molecule has 14 heavy (non-hydrogen) atoms. The van der Waals surface area contributed by atoms with E-state index in [1.54, 1.807) is 0 Å². The first-order chi connectivity index (χ1) is 6.65. The number of benzene rings is 1. The van der Waals surface area contributed by atoms with Gasteiger partial charge in [-0.3, -0.25) is 14.9 Å². The van der Waals surface area contributed by atoms with Crippen molar-refractivity contribution in [1.29, 1.82) is 0 Å². The van der Waals surface area contributed by atoms with Gasteiger partial charge in [-0.05, 0) is 18.3 Å². The summed E-state index contributed by atoms with van der Waals surface area (Å²) in [7, 11) is 0. The zero-order valence-corrected chi connectivity index (χ0v) is 7.65. The molecule has 0 N–H and O–H groups in total. The number of carbonyl (C=O) groups excluding carboxylic acids is 1. The van der Waals surface area contributed by atoms with Gasteiger partial charge < -0.3 is 0 Å². The molecule has 0 radical (unpaired) electrons. The smallest absolute Gasteiger partial charge is 0.266 e. The average molecular weight is 208 g/mol. The molecular formula is C8H4N2O3S. The molecule has 0 aromatic heterocycles. The predicted octanol–water partition coefficient (Wildman–Crippen LogP) is 1.84. The van der Waals surface area contributed by atoms with E-state index < -0.39 is 10.8 Å². The van der Waals surface area contributed by atoms with E-state index in [1.165, 1.54) is 18.2 Å². The van der Waals surface area contributed by atoms with Gasteiger partial charge in [0, 0.05) is 17.7 Å². The van der Waals surface area contributed by atoms with Crippen molar-refractivity contribution in [2.24, 2.45) is 4.99 Å². The lowest BCUT2D eigenvalue weighted by molar-refractivity contribution is -0.384. The Labute approximate surface area is 84.2 Å². The molecule has 1 aromatic rings. The van der Waals surface area contributed by atoms with E-state index in [0.29, 0.717) is 0 Å². The molecule has 0 atom stereocenters. The van der Waals surface area contributed by atoms with Crippen LogP contribution in [0.4, 0.5) is 5.69 Å². The van der Waals surface area contributed by atoms with E-state index in [0.717, 1.165) is 6.07 Å². The second-order valence-corrected chi connectivity index (χ2v) is 2.50. The summed E-state index contributed by atoms with van der Waals surface area (Å²) in [5.41, 5.74) is -0.0352. The van der Waals surface area contributed by atoms with Crippen LogP contribution in [0.1, 0.15) is 10.4 Å². The summed E-state index contributed by atoms with van der Waals surface area (Å²) in [5.74, 6) is -0.635. The largest absolute Gasteiger partial charge is 0.286 e. The minimum Gasteiger partial charge on any atom is -0.266 e. The van der Waals surface area contributed by atoms with E-state index in [9.17, 15) is 14.9 Å². The summed E-state index contributed by atoms with van der Waals surface area (Å²) in [5, 5.41) is 12.3. The monoisotopic (exact) mass is 208 g/mol. The average Bonchev–Trinajstić information content (AvgIpc) is 2.18. The van der Waals surface area contributed by atoms with Crippen molar-refractivity contribution in [2.75, 3.05) is 0 Å². The van der Waals surface area contributed by atoms with Gasteiger partial charge in [-0.15, -0.1) is 0 Å². The maximum atomic E-state index is 11.1. The summed E-state index contributed by atoms with van der Waals surface area (Å²) in [6.45, 7) is 0. The summed E-state index contributed by atoms with van der Waals surface area (Å²) in [6.07, 6.45) is 0. The quantitative estimate of drug-likeness (QED) is 0.321. The number of aliphatic imine (C=N–C) groups is 1. The molecule has 5 nitrogen and oxygen atoms in total. The number of hydrogen-bond donors (Lipinski definition) is 0. The first kappa shape index (κ1) is 10.2. The number of non-ortho nitro benzene ring substituents is 1. The molecule has 0 bridgehead atoms. The van der Waals surface area contributed by atoms with Crippen LogP contribution >= 0.6 is 12.2 Å². The molecule has 70 valence electrons. The van der Waals surface area contributed by atoms with Crippen LogP contribution in [-0.4, -0.2) is 16.0 Å². The van der Waals surface area contributed by atoms with E-state index in [2.05, 4.69) is 17.2 Å². The van der Waals surface area contributed by atoms with Gasteiger partial charge in [-0.1, -0.05) is 6.07 Å². The number of nitro benzene ring substituents is 1. The van der Waals surface area contributed by atoms with E-state index >= 15 is 0 Å². The zero-order chi connectivity index (χ0) is 10.6.